The highest BCUT2D eigenvalue weighted by atomic mass is 35.5. The Morgan fingerprint density at radius 3 is 2.59 bits per heavy atom. The summed E-state index contributed by atoms with van der Waals surface area (Å²) < 4.78 is 6.37. The molecule has 5 nitrogen and oxygen atoms in total. The Labute approximate surface area is 183 Å². The topological polar surface area (TPSA) is 54.8 Å². The zero-order valence-corrected chi connectivity index (χ0v) is 18.1. The number of thiophene rings is 1. The molecule has 1 aliphatic heterocycles. The highest BCUT2D eigenvalue weighted by Gasteiger charge is 2.18. The molecule has 0 unspecified atom stereocenters. The Balaban J connectivity index is 1.35. The lowest BCUT2D eigenvalue weighted by Crippen LogP contribution is -3.12. The number of amides is 1. The van der Waals surface area contributed by atoms with Gasteiger partial charge in [-0.2, -0.15) is 0 Å². The SMILES string of the molecule is O=C(NC(=S)Nc1ccc(C[NH+]2CCOCC2)cc1)c1sc2ccccc2c1Cl. The molecule has 0 aliphatic carbocycles. The molecule has 0 spiro atoms. The van der Waals surface area contributed by atoms with Gasteiger partial charge in [-0.15, -0.1) is 11.3 Å². The Hall–Kier alpha value is -2.03. The van der Waals surface area contributed by atoms with Crippen molar-refractivity contribution < 1.29 is 14.4 Å². The van der Waals surface area contributed by atoms with E-state index in [2.05, 4.69) is 22.8 Å². The van der Waals surface area contributed by atoms with E-state index in [1.54, 1.807) is 0 Å². The van der Waals surface area contributed by atoms with Gasteiger partial charge in [0.15, 0.2) is 5.11 Å². The number of hydrogen-bond donors (Lipinski definition) is 3. The molecule has 0 saturated carbocycles. The number of halogens is 1. The smallest absolute Gasteiger partial charge is 0.269 e. The number of anilines is 1. The lowest BCUT2D eigenvalue weighted by molar-refractivity contribution is -0.921. The standard InChI is InChI=1S/C21H20ClN3O2S2/c22-18-16-3-1-2-4-17(16)29-19(18)20(26)24-21(28)23-15-7-5-14(6-8-15)13-25-9-11-27-12-10-25/h1-8H,9-13H2,(H2,23,24,26,28)/p+1. The van der Waals surface area contributed by atoms with Gasteiger partial charge in [0.05, 0.1) is 18.2 Å². The summed E-state index contributed by atoms with van der Waals surface area (Å²) in [5, 5.41) is 7.36. The van der Waals surface area contributed by atoms with Crippen LogP contribution in [0.2, 0.25) is 5.02 Å². The maximum Gasteiger partial charge on any atom is 0.269 e. The second kappa shape index (κ2) is 9.19. The molecule has 1 amide bonds. The number of morpholine rings is 1. The second-order valence-corrected chi connectivity index (χ2v) is 8.72. The number of hydrogen-bond acceptors (Lipinski definition) is 4. The van der Waals surface area contributed by atoms with Gasteiger partial charge < -0.3 is 15.0 Å². The summed E-state index contributed by atoms with van der Waals surface area (Å²) in [4.78, 5) is 14.6. The quantitative estimate of drug-likeness (QED) is 0.539. The van der Waals surface area contributed by atoms with Crippen molar-refractivity contribution in [2.45, 2.75) is 6.54 Å². The van der Waals surface area contributed by atoms with E-state index in [9.17, 15) is 4.79 Å². The van der Waals surface area contributed by atoms with Crippen molar-refractivity contribution in [2.75, 3.05) is 31.6 Å². The molecule has 3 N–H and O–H groups in total. The van der Waals surface area contributed by atoms with Gasteiger partial charge in [0, 0.05) is 21.3 Å². The van der Waals surface area contributed by atoms with Gasteiger partial charge in [-0.25, -0.2) is 0 Å². The number of thiocarbonyl (C=S) groups is 1. The number of carbonyl (C=O) groups is 1. The van der Waals surface area contributed by atoms with E-state index in [0.29, 0.717) is 9.90 Å². The van der Waals surface area contributed by atoms with Gasteiger partial charge in [0.2, 0.25) is 0 Å². The number of carbonyl (C=O) groups excluding carboxylic acids is 1. The molecule has 1 fully saturated rings. The summed E-state index contributed by atoms with van der Waals surface area (Å²) in [6.07, 6.45) is 0. The molecule has 1 aromatic heterocycles. The van der Waals surface area contributed by atoms with Crippen LogP contribution in [0, 0.1) is 0 Å². The van der Waals surface area contributed by atoms with Crippen molar-refractivity contribution in [3.05, 3.63) is 64.0 Å². The fourth-order valence-electron chi connectivity index (χ4n) is 3.31. The number of benzene rings is 2. The minimum atomic E-state index is -0.304. The number of ether oxygens (including phenoxy) is 1. The van der Waals surface area contributed by atoms with Crippen molar-refractivity contribution in [3.63, 3.8) is 0 Å². The van der Waals surface area contributed by atoms with E-state index in [4.69, 9.17) is 28.6 Å². The van der Waals surface area contributed by atoms with Crippen LogP contribution in [0.25, 0.3) is 10.1 Å². The van der Waals surface area contributed by atoms with Gasteiger partial charge in [-0.05, 0) is 30.4 Å². The average Bonchev–Trinajstić information content (AvgIpc) is 3.07. The lowest BCUT2D eigenvalue weighted by Gasteiger charge is -2.23. The Kier molecular flexibility index (Phi) is 6.42. The first-order chi connectivity index (χ1) is 14.1. The molecule has 3 aromatic rings. The first-order valence-electron chi connectivity index (χ1n) is 9.40. The van der Waals surface area contributed by atoms with Crippen LogP contribution < -0.4 is 15.5 Å². The Morgan fingerprint density at radius 2 is 1.86 bits per heavy atom. The summed E-state index contributed by atoms with van der Waals surface area (Å²) in [6.45, 7) is 4.71. The lowest BCUT2D eigenvalue weighted by atomic mass is 10.2. The number of quaternary nitrogens is 1. The molecule has 2 aromatic carbocycles. The van der Waals surface area contributed by atoms with Crippen LogP contribution >= 0.6 is 35.2 Å². The highest BCUT2D eigenvalue weighted by Crippen LogP contribution is 2.34. The summed E-state index contributed by atoms with van der Waals surface area (Å²) >= 11 is 13.0. The Bertz CT molecular complexity index is 1030. The van der Waals surface area contributed by atoms with E-state index in [1.807, 2.05) is 36.4 Å². The van der Waals surface area contributed by atoms with E-state index in [-0.39, 0.29) is 11.0 Å². The van der Waals surface area contributed by atoms with Gasteiger partial charge in [-0.1, -0.05) is 41.9 Å². The molecule has 1 aliphatic rings. The van der Waals surface area contributed by atoms with Crippen LogP contribution in [-0.4, -0.2) is 37.3 Å². The predicted molar refractivity (Wildman–Crippen MR) is 122 cm³/mol. The Morgan fingerprint density at radius 1 is 1.14 bits per heavy atom. The molecule has 0 atom stereocenters. The van der Waals surface area contributed by atoms with E-state index in [1.165, 1.54) is 21.8 Å². The minimum Gasteiger partial charge on any atom is -0.370 e. The van der Waals surface area contributed by atoms with Crippen LogP contribution in [0.5, 0.6) is 0 Å². The summed E-state index contributed by atoms with van der Waals surface area (Å²) in [5.41, 5.74) is 2.10. The van der Waals surface area contributed by atoms with E-state index < -0.39 is 0 Å². The maximum atomic E-state index is 12.6. The average molecular weight is 447 g/mol. The normalized spacial score (nSPS) is 14.7. The molecule has 150 valence electrons. The molecule has 0 bridgehead atoms. The van der Waals surface area contributed by atoms with E-state index in [0.717, 1.165) is 48.6 Å². The molecule has 0 radical (unpaired) electrons. The maximum absolute atomic E-state index is 12.6. The molecule has 2 heterocycles. The zero-order valence-electron chi connectivity index (χ0n) is 15.7. The van der Waals surface area contributed by atoms with E-state index >= 15 is 0 Å². The first-order valence-corrected chi connectivity index (χ1v) is 11.0. The number of rotatable bonds is 4. The third kappa shape index (κ3) is 4.94. The van der Waals surface area contributed by atoms with Crippen molar-refractivity contribution in [1.29, 1.82) is 0 Å². The van der Waals surface area contributed by atoms with Crippen molar-refractivity contribution >= 4 is 61.9 Å². The van der Waals surface area contributed by atoms with Crippen molar-refractivity contribution in [1.82, 2.24) is 5.32 Å². The number of nitrogens with one attached hydrogen (secondary N) is 3. The molecule has 8 heteroatoms. The summed E-state index contributed by atoms with van der Waals surface area (Å²) in [6, 6.07) is 15.8. The second-order valence-electron chi connectivity index (χ2n) is 6.89. The van der Waals surface area contributed by atoms with Gasteiger partial charge in [0.25, 0.3) is 5.91 Å². The third-order valence-electron chi connectivity index (χ3n) is 4.83. The summed E-state index contributed by atoms with van der Waals surface area (Å²) in [5.74, 6) is -0.304. The monoisotopic (exact) mass is 446 g/mol. The van der Waals surface area contributed by atoms with Crippen LogP contribution in [0.4, 0.5) is 5.69 Å². The first kappa shape index (κ1) is 20.3. The summed E-state index contributed by atoms with van der Waals surface area (Å²) in [7, 11) is 0. The molecule has 1 saturated heterocycles. The molecule has 29 heavy (non-hydrogen) atoms. The van der Waals surface area contributed by atoms with Crippen molar-refractivity contribution in [3.8, 4) is 0 Å². The predicted octanol–water partition coefficient (Wildman–Crippen LogP) is 3.10. The molecular formula is C21H21ClN3O2S2+. The fourth-order valence-corrected chi connectivity index (χ4v) is 4.94. The zero-order chi connectivity index (χ0) is 20.2. The molecule has 4 rings (SSSR count). The van der Waals surface area contributed by atoms with Crippen molar-refractivity contribution in [2.24, 2.45) is 0 Å². The van der Waals surface area contributed by atoms with Gasteiger partial charge >= 0.3 is 0 Å². The van der Waals surface area contributed by atoms with Crippen LogP contribution in [0.1, 0.15) is 15.2 Å². The van der Waals surface area contributed by atoms with Gasteiger partial charge in [-0.3, -0.25) is 10.1 Å². The minimum absolute atomic E-state index is 0.245. The largest absolute Gasteiger partial charge is 0.370 e. The van der Waals surface area contributed by atoms with Crippen LogP contribution in [-0.2, 0) is 11.3 Å². The highest BCUT2D eigenvalue weighted by molar-refractivity contribution is 7.80. The molecular weight excluding hydrogens is 426 g/mol. The van der Waals surface area contributed by atoms with Gasteiger partial charge in [0.1, 0.15) is 24.5 Å². The fraction of sp³-hybridized carbons (Fsp3) is 0.238. The third-order valence-corrected chi connectivity index (χ3v) is 6.71. The van der Waals surface area contributed by atoms with Crippen LogP contribution in [0.15, 0.2) is 48.5 Å². The number of fused-ring (bicyclic) bond motifs is 1. The van der Waals surface area contributed by atoms with Crippen LogP contribution in [0.3, 0.4) is 0 Å².